The predicted octanol–water partition coefficient (Wildman–Crippen LogP) is 4.11. The maximum Gasteiger partial charge on any atom is 0.328 e. The highest BCUT2D eigenvalue weighted by atomic mass is 16.5. The van der Waals surface area contributed by atoms with E-state index in [4.69, 9.17) is 14.9 Å². The van der Waals surface area contributed by atoms with E-state index in [0.717, 1.165) is 31.7 Å². The molecule has 2 heterocycles. The van der Waals surface area contributed by atoms with Gasteiger partial charge >= 0.3 is 11.9 Å². The number of carbonyl (C=O) groups is 2. The Balaban J connectivity index is 0.000000265. The van der Waals surface area contributed by atoms with Gasteiger partial charge in [0.15, 0.2) is 0 Å². The SMILES string of the molecule is CC1=NCCn2c1cc1c2-c2ccc(OC3CCCC3)cc2CC1.O=C(O)/C=C/C(=O)O. The Morgan fingerprint density at radius 3 is 2.44 bits per heavy atom. The molecule has 7 heteroatoms. The number of hydrogen-bond donors (Lipinski definition) is 2. The van der Waals surface area contributed by atoms with Gasteiger partial charge < -0.3 is 19.5 Å². The molecule has 7 nitrogen and oxygen atoms in total. The fraction of sp³-hybridized carbons (Fsp3) is 0.400. The van der Waals surface area contributed by atoms with Crippen LogP contribution in [0.2, 0.25) is 0 Å². The lowest BCUT2D eigenvalue weighted by atomic mass is 9.90. The molecule has 2 aliphatic carbocycles. The summed E-state index contributed by atoms with van der Waals surface area (Å²) < 4.78 is 8.69. The molecule has 1 saturated carbocycles. The first kappa shape index (κ1) is 21.9. The van der Waals surface area contributed by atoms with Crippen molar-refractivity contribution in [3.05, 3.63) is 53.2 Å². The normalized spacial score (nSPS) is 17.0. The van der Waals surface area contributed by atoms with Crippen molar-refractivity contribution in [1.82, 2.24) is 4.57 Å². The molecule has 2 N–H and O–H groups in total. The predicted molar refractivity (Wildman–Crippen MR) is 122 cm³/mol. The fourth-order valence-corrected chi connectivity index (χ4v) is 4.74. The minimum atomic E-state index is -1.26. The number of hydrogen-bond acceptors (Lipinski definition) is 4. The molecule has 0 bridgehead atoms. The first-order valence-corrected chi connectivity index (χ1v) is 11.1. The summed E-state index contributed by atoms with van der Waals surface area (Å²) >= 11 is 0. The van der Waals surface area contributed by atoms with Crippen LogP contribution in [0.15, 0.2) is 41.4 Å². The molecule has 32 heavy (non-hydrogen) atoms. The molecule has 2 aromatic rings. The maximum atomic E-state index is 9.55. The second-order valence-corrected chi connectivity index (χ2v) is 8.38. The van der Waals surface area contributed by atoms with Crippen LogP contribution in [0.1, 0.15) is 49.4 Å². The Kier molecular flexibility index (Phi) is 6.44. The van der Waals surface area contributed by atoms with E-state index in [1.54, 1.807) is 0 Å². The number of benzene rings is 1. The molecular formula is C25H28N2O5. The summed E-state index contributed by atoms with van der Waals surface area (Å²) in [6, 6.07) is 9.11. The number of nitrogens with zero attached hydrogens (tertiary/aromatic N) is 2. The van der Waals surface area contributed by atoms with Crippen LogP contribution in [0, 0.1) is 0 Å². The molecule has 1 aromatic carbocycles. The molecule has 0 spiro atoms. The first-order chi connectivity index (χ1) is 15.4. The standard InChI is InChI=1S/C21H24N2O.C4H4O4/c1-14-20-13-16-7-6-15-12-18(24-17-4-2-3-5-17)8-9-19(15)21(16)23(20)11-10-22-14;5-3(6)1-2-4(7)8/h8-9,12-13,17H,2-7,10-11H2,1H3;1-2H,(H,5,6)(H,7,8)/b;2-1+. The van der Waals surface area contributed by atoms with Gasteiger partial charge in [-0.3, -0.25) is 4.99 Å². The lowest BCUT2D eigenvalue weighted by molar-refractivity contribution is -0.134. The van der Waals surface area contributed by atoms with Crippen LogP contribution >= 0.6 is 0 Å². The molecule has 1 fully saturated rings. The third-order valence-corrected chi connectivity index (χ3v) is 6.19. The summed E-state index contributed by atoms with van der Waals surface area (Å²) in [5.74, 6) is -1.45. The average Bonchev–Trinajstić information content (AvgIpc) is 3.41. The van der Waals surface area contributed by atoms with E-state index < -0.39 is 11.9 Å². The van der Waals surface area contributed by atoms with Gasteiger partial charge in [0.2, 0.25) is 0 Å². The molecular weight excluding hydrogens is 408 g/mol. The van der Waals surface area contributed by atoms with Crippen LogP contribution in [0.25, 0.3) is 11.3 Å². The molecule has 0 radical (unpaired) electrons. The Morgan fingerprint density at radius 1 is 1.06 bits per heavy atom. The average molecular weight is 437 g/mol. The Morgan fingerprint density at radius 2 is 1.75 bits per heavy atom. The van der Waals surface area contributed by atoms with Gasteiger partial charge in [-0.15, -0.1) is 0 Å². The number of carboxylic acids is 2. The zero-order valence-corrected chi connectivity index (χ0v) is 18.2. The zero-order chi connectivity index (χ0) is 22.7. The molecule has 168 valence electrons. The Labute approximate surface area is 187 Å². The second-order valence-electron chi connectivity index (χ2n) is 8.38. The van der Waals surface area contributed by atoms with Gasteiger partial charge in [0.1, 0.15) is 5.75 Å². The number of aryl methyl sites for hydroxylation is 2. The Hall–Kier alpha value is -3.35. The van der Waals surface area contributed by atoms with Gasteiger partial charge in [-0.25, -0.2) is 9.59 Å². The number of aliphatic imine (C=N–C) groups is 1. The highest BCUT2D eigenvalue weighted by Gasteiger charge is 2.25. The number of aliphatic carboxylic acids is 2. The van der Waals surface area contributed by atoms with Crippen molar-refractivity contribution in [2.24, 2.45) is 4.99 Å². The van der Waals surface area contributed by atoms with Crippen molar-refractivity contribution in [3.63, 3.8) is 0 Å². The largest absolute Gasteiger partial charge is 0.490 e. The third kappa shape index (κ3) is 4.77. The van der Waals surface area contributed by atoms with E-state index in [2.05, 4.69) is 40.7 Å². The zero-order valence-electron chi connectivity index (χ0n) is 18.2. The molecule has 3 aliphatic rings. The van der Waals surface area contributed by atoms with Crippen LogP contribution in [0.5, 0.6) is 5.75 Å². The van der Waals surface area contributed by atoms with Gasteiger partial charge in [-0.1, -0.05) is 0 Å². The highest BCUT2D eigenvalue weighted by molar-refractivity contribution is 5.99. The van der Waals surface area contributed by atoms with Crippen LogP contribution in [0.3, 0.4) is 0 Å². The quantitative estimate of drug-likeness (QED) is 0.703. The monoisotopic (exact) mass is 436 g/mol. The van der Waals surface area contributed by atoms with Crippen molar-refractivity contribution >= 4 is 17.7 Å². The number of aromatic nitrogens is 1. The van der Waals surface area contributed by atoms with Crippen molar-refractivity contribution < 1.29 is 24.5 Å². The number of carboxylic acid groups (broad SMARTS) is 2. The fourth-order valence-electron chi connectivity index (χ4n) is 4.74. The summed E-state index contributed by atoms with van der Waals surface area (Å²) in [5, 5.41) is 15.6. The minimum Gasteiger partial charge on any atom is -0.490 e. The summed E-state index contributed by atoms with van der Waals surface area (Å²) in [4.78, 5) is 23.7. The van der Waals surface area contributed by atoms with E-state index in [-0.39, 0.29) is 0 Å². The van der Waals surface area contributed by atoms with Gasteiger partial charge in [0.05, 0.1) is 29.7 Å². The van der Waals surface area contributed by atoms with Gasteiger partial charge in [-0.05, 0) is 80.8 Å². The van der Waals surface area contributed by atoms with E-state index in [0.29, 0.717) is 18.3 Å². The van der Waals surface area contributed by atoms with Crippen molar-refractivity contribution in [3.8, 4) is 17.0 Å². The minimum absolute atomic E-state index is 0.433. The van der Waals surface area contributed by atoms with Crippen molar-refractivity contribution in [2.75, 3.05) is 6.54 Å². The molecule has 1 aromatic heterocycles. The van der Waals surface area contributed by atoms with Gasteiger partial charge in [-0.2, -0.15) is 0 Å². The van der Waals surface area contributed by atoms with E-state index in [1.807, 2.05) is 0 Å². The molecule has 0 amide bonds. The van der Waals surface area contributed by atoms with Crippen molar-refractivity contribution in [1.29, 1.82) is 0 Å². The van der Waals surface area contributed by atoms with Crippen LogP contribution < -0.4 is 4.74 Å². The lowest BCUT2D eigenvalue weighted by Gasteiger charge is -2.23. The number of fused-ring (bicyclic) bond motifs is 5. The second kappa shape index (κ2) is 9.42. The van der Waals surface area contributed by atoms with Gasteiger partial charge in [0, 0.05) is 24.3 Å². The molecule has 0 saturated heterocycles. The van der Waals surface area contributed by atoms with Crippen LogP contribution in [-0.2, 0) is 29.0 Å². The molecule has 5 rings (SSSR count). The summed E-state index contributed by atoms with van der Waals surface area (Å²) in [7, 11) is 0. The first-order valence-electron chi connectivity index (χ1n) is 11.1. The van der Waals surface area contributed by atoms with E-state index >= 15 is 0 Å². The van der Waals surface area contributed by atoms with Crippen LogP contribution in [0.4, 0.5) is 0 Å². The maximum absolute atomic E-state index is 9.55. The molecule has 0 atom stereocenters. The summed E-state index contributed by atoms with van der Waals surface area (Å²) in [5.41, 5.74) is 8.24. The van der Waals surface area contributed by atoms with E-state index in [1.165, 1.54) is 59.5 Å². The van der Waals surface area contributed by atoms with Gasteiger partial charge in [0.25, 0.3) is 0 Å². The highest BCUT2D eigenvalue weighted by Crippen LogP contribution is 2.39. The summed E-state index contributed by atoms with van der Waals surface area (Å²) in [6.45, 7) is 4.04. The van der Waals surface area contributed by atoms with Crippen molar-refractivity contribution in [2.45, 2.75) is 58.1 Å². The number of rotatable bonds is 4. The number of ether oxygens (including phenoxy) is 1. The summed E-state index contributed by atoms with van der Waals surface area (Å²) in [6.07, 6.45) is 8.85. The Bertz CT molecular complexity index is 1070. The third-order valence-electron chi connectivity index (χ3n) is 6.19. The van der Waals surface area contributed by atoms with Crippen LogP contribution in [-0.4, -0.2) is 45.1 Å². The molecule has 1 aliphatic heterocycles. The topological polar surface area (TPSA) is 101 Å². The smallest absolute Gasteiger partial charge is 0.328 e. The lowest BCUT2D eigenvalue weighted by Crippen LogP contribution is -2.17. The molecule has 0 unspecified atom stereocenters. The van der Waals surface area contributed by atoms with E-state index in [9.17, 15) is 9.59 Å².